The summed E-state index contributed by atoms with van der Waals surface area (Å²) >= 11 is 0. The first kappa shape index (κ1) is 11.9. The van der Waals surface area contributed by atoms with Gasteiger partial charge in [-0.05, 0) is 13.3 Å². The number of nitrogens with zero attached hydrogens (tertiary/aromatic N) is 1. The van der Waals surface area contributed by atoms with Gasteiger partial charge in [0.15, 0.2) is 0 Å². The predicted molar refractivity (Wildman–Crippen MR) is 48.9 cm³/mol. The minimum Gasteiger partial charge on any atom is -0.382 e. The van der Waals surface area contributed by atoms with Gasteiger partial charge in [0.25, 0.3) is 0 Å². The first-order chi connectivity index (χ1) is 6.20. The van der Waals surface area contributed by atoms with Crippen molar-refractivity contribution in [2.24, 2.45) is 0 Å². The van der Waals surface area contributed by atoms with Crippen molar-refractivity contribution in [1.82, 2.24) is 5.32 Å². The summed E-state index contributed by atoms with van der Waals surface area (Å²) in [6.45, 7) is 2.36. The van der Waals surface area contributed by atoms with Crippen molar-refractivity contribution in [3.05, 3.63) is 0 Å². The van der Waals surface area contributed by atoms with Crippen molar-refractivity contribution in [3.63, 3.8) is 0 Å². The average molecular weight is 184 g/mol. The SMILES string of the molecule is COC(C)CCC(=O)NCCC#N. The van der Waals surface area contributed by atoms with Gasteiger partial charge in [0, 0.05) is 20.1 Å². The Labute approximate surface area is 78.9 Å². The molecule has 13 heavy (non-hydrogen) atoms. The average Bonchev–Trinajstić information content (AvgIpc) is 2.14. The van der Waals surface area contributed by atoms with Crippen LogP contribution in [0.4, 0.5) is 0 Å². The molecule has 0 heterocycles. The smallest absolute Gasteiger partial charge is 0.220 e. The third-order valence-electron chi connectivity index (χ3n) is 1.74. The maximum Gasteiger partial charge on any atom is 0.220 e. The van der Waals surface area contributed by atoms with Gasteiger partial charge in [0.1, 0.15) is 0 Å². The molecule has 0 bridgehead atoms. The molecule has 0 saturated heterocycles. The summed E-state index contributed by atoms with van der Waals surface area (Å²) in [6, 6.07) is 1.96. The number of carbonyl (C=O) groups is 1. The minimum atomic E-state index is -0.0147. The van der Waals surface area contributed by atoms with Crippen LogP contribution in [0, 0.1) is 11.3 Å². The fourth-order valence-electron chi connectivity index (χ4n) is 0.798. The molecule has 0 spiro atoms. The van der Waals surface area contributed by atoms with Crippen molar-refractivity contribution in [1.29, 1.82) is 5.26 Å². The maximum absolute atomic E-state index is 11.1. The van der Waals surface area contributed by atoms with Gasteiger partial charge in [0.2, 0.25) is 5.91 Å². The highest BCUT2D eigenvalue weighted by atomic mass is 16.5. The Bertz CT molecular complexity index is 187. The number of nitrogens with one attached hydrogen (secondary N) is 1. The lowest BCUT2D eigenvalue weighted by Crippen LogP contribution is -2.25. The standard InChI is InChI=1S/C9H16N2O2/c1-8(13-2)4-5-9(12)11-7-3-6-10/h8H,3-5,7H2,1-2H3,(H,11,12). The lowest BCUT2D eigenvalue weighted by atomic mass is 10.2. The number of carbonyl (C=O) groups excluding carboxylic acids is 1. The van der Waals surface area contributed by atoms with Gasteiger partial charge < -0.3 is 10.1 Å². The van der Waals surface area contributed by atoms with E-state index in [4.69, 9.17) is 10.00 Å². The topological polar surface area (TPSA) is 62.1 Å². The number of amides is 1. The van der Waals surface area contributed by atoms with Crippen LogP contribution in [-0.4, -0.2) is 25.7 Å². The molecule has 0 aromatic rings. The maximum atomic E-state index is 11.1. The number of nitriles is 1. The Hall–Kier alpha value is -1.08. The van der Waals surface area contributed by atoms with Gasteiger partial charge in [-0.25, -0.2) is 0 Å². The Morgan fingerprint density at radius 1 is 1.69 bits per heavy atom. The Morgan fingerprint density at radius 3 is 2.92 bits per heavy atom. The van der Waals surface area contributed by atoms with Crippen LogP contribution in [0.5, 0.6) is 0 Å². The van der Waals surface area contributed by atoms with Gasteiger partial charge in [-0.15, -0.1) is 0 Å². The molecule has 0 rings (SSSR count). The molecule has 0 radical (unpaired) electrons. The molecule has 0 fully saturated rings. The van der Waals surface area contributed by atoms with Crippen molar-refractivity contribution in [2.45, 2.75) is 32.3 Å². The monoisotopic (exact) mass is 184 g/mol. The largest absolute Gasteiger partial charge is 0.382 e. The molecule has 1 atom stereocenters. The van der Waals surface area contributed by atoms with Crippen LogP contribution in [0.1, 0.15) is 26.2 Å². The molecule has 0 aliphatic rings. The molecular weight excluding hydrogens is 168 g/mol. The summed E-state index contributed by atoms with van der Waals surface area (Å²) in [6.07, 6.45) is 1.66. The van der Waals surface area contributed by atoms with E-state index in [-0.39, 0.29) is 12.0 Å². The zero-order chi connectivity index (χ0) is 10.1. The number of hydrogen-bond acceptors (Lipinski definition) is 3. The van der Waals surface area contributed by atoms with E-state index in [2.05, 4.69) is 5.32 Å². The summed E-state index contributed by atoms with van der Waals surface area (Å²) < 4.78 is 4.99. The van der Waals surface area contributed by atoms with Crippen LogP contribution in [0.25, 0.3) is 0 Å². The number of ether oxygens (including phenoxy) is 1. The van der Waals surface area contributed by atoms with E-state index in [9.17, 15) is 4.79 Å². The zero-order valence-electron chi connectivity index (χ0n) is 8.17. The minimum absolute atomic E-state index is 0.0147. The molecule has 0 aromatic heterocycles. The molecule has 0 aromatic carbocycles. The molecule has 1 amide bonds. The van der Waals surface area contributed by atoms with Crippen molar-refractivity contribution in [2.75, 3.05) is 13.7 Å². The Balaban J connectivity index is 3.36. The quantitative estimate of drug-likeness (QED) is 0.622. The van der Waals surface area contributed by atoms with Crippen LogP contribution in [-0.2, 0) is 9.53 Å². The molecule has 0 saturated carbocycles. The van der Waals surface area contributed by atoms with Crippen LogP contribution in [0.3, 0.4) is 0 Å². The van der Waals surface area contributed by atoms with E-state index < -0.39 is 0 Å². The van der Waals surface area contributed by atoms with E-state index in [0.29, 0.717) is 19.4 Å². The Morgan fingerprint density at radius 2 is 2.38 bits per heavy atom. The Kier molecular flexibility index (Phi) is 6.93. The second-order valence-corrected chi connectivity index (χ2v) is 2.84. The highest BCUT2D eigenvalue weighted by Gasteiger charge is 2.04. The van der Waals surface area contributed by atoms with Gasteiger partial charge >= 0.3 is 0 Å². The summed E-state index contributed by atoms with van der Waals surface area (Å²) in [5.74, 6) is -0.0147. The first-order valence-electron chi connectivity index (χ1n) is 4.37. The molecule has 1 unspecified atom stereocenters. The first-order valence-corrected chi connectivity index (χ1v) is 4.37. The third kappa shape index (κ3) is 7.29. The van der Waals surface area contributed by atoms with Gasteiger partial charge in [-0.2, -0.15) is 5.26 Å². The van der Waals surface area contributed by atoms with Gasteiger partial charge in [-0.1, -0.05) is 0 Å². The van der Waals surface area contributed by atoms with Crippen LogP contribution < -0.4 is 5.32 Å². The zero-order valence-corrected chi connectivity index (χ0v) is 8.17. The fourth-order valence-corrected chi connectivity index (χ4v) is 0.798. The summed E-state index contributed by atoms with van der Waals surface area (Å²) in [4.78, 5) is 11.1. The number of hydrogen-bond donors (Lipinski definition) is 1. The van der Waals surface area contributed by atoms with Crippen LogP contribution in [0.2, 0.25) is 0 Å². The molecular formula is C9H16N2O2. The fraction of sp³-hybridized carbons (Fsp3) is 0.778. The predicted octanol–water partition coefficient (Wildman–Crippen LogP) is 0.831. The van der Waals surface area contributed by atoms with Crippen molar-refractivity contribution < 1.29 is 9.53 Å². The van der Waals surface area contributed by atoms with Crippen molar-refractivity contribution >= 4 is 5.91 Å². The normalized spacial score (nSPS) is 11.8. The molecule has 1 N–H and O–H groups in total. The summed E-state index contributed by atoms with van der Waals surface area (Å²) in [5, 5.41) is 10.9. The van der Waals surface area contributed by atoms with Gasteiger partial charge in [0.05, 0.1) is 18.6 Å². The van der Waals surface area contributed by atoms with E-state index in [1.807, 2.05) is 13.0 Å². The second kappa shape index (κ2) is 7.56. The molecule has 4 nitrogen and oxygen atoms in total. The molecule has 4 heteroatoms. The second-order valence-electron chi connectivity index (χ2n) is 2.84. The summed E-state index contributed by atoms with van der Waals surface area (Å²) in [5.41, 5.74) is 0. The third-order valence-corrected chi connectivity index (χ3v) is 1.74. The molecule has 0 aliphatic heterocycles. The van der Waals surface area contributed by atoms with E-state index in [0.717, 1.165) is 6.42 Å². The molecule has 0 aliphatic carbocycles. The summed E-state index contributed by atoms with van der Waals surface area (Å²) in [7, 11) is 1.62. The highest BCUT2D eigenvalue weighted by Crippen LogP contribution is 1.99. The van der Waals surface area contributed by atoms with Crippen LogP contribution in [0.15, 0.2) is 0 Å². The van der Waals surface area contributed by atoms with E-state index in [1.165, 1.54) is 0 Å². The molecule has 74 valence electrons. The lowest BCUT2D eigenvalue weighted by Gasteiger charge is -2.08. The lowest BCUT2D eigenvalue weighted by molar-refractivity contribution is -0.121. The van der Waals surface area contributed by atoms with E-state index in [1.54, 1.807) is 7.11 Å². The van der Waals surface area contributed by atoms with Gasteiger partial charge in [-0.3, -0.25) is 4.79 Å². The van der Waals surface area contributed by atoms with Crippen molar-refractivity contribution in [3.8, 4) is 6.07 Å². The van der Waals surface area contributed by atoms with Crippen LogP contribution >= 0.6 is 0 Å². The van der Waals surface area contributed by atoms with E-state index >= 15 is 0 Å². The number of methoxy groups -OCH3 is 1. The number of rotatable bonds is 6. The highest BCUT2D eigenvalue weighted by molar-refractivity contribution is 5.75.